The standard InChI is InChI=1S/C19H23N7O3/c1-4-8-25-18(28)15(16(20)24(5-2)19(25)29)23-17(27)13-9-22-26(11-13)14-7-6-12(3)21-10-14/h6-7,9-11H,4-5,8,20H2,1-3H3,(H,23,27). The third kappa shape index (κ3) is 3.82. The summed E-state index contributed by atoms with van der Waals surface area (Å²) >= 11 is 0. The molecule has 0 fully saturated rings. The van der Waals surface area contributed by atoms with Gasteiger partial charge in [-0.1, -0.05) is 6.92 Å². The first-order chi connectivity index (χ1) is 13.9. The molecule has 0 aliphatic heterocycles. The van der Waals surface area contributed by atoms with E-state index >= 15 is 0 Å². The summed E-state index contributed by atoms with van der Waals surface area (Å²) in [6.45, 7) is 5.97. The summed E-state index contributed by atoms with van der Waals surface area (Å²) in [5, 5.41) is 6.71. The first-order valence-corrected chi connectivity index (χ1v) is 9.29. The van der Waals surface area contributed by atoms with Gasteiger partial charge in [-0.15, -0.1) is 0 Å². The average molecular weight is 397 g/mol. The van der Waals surface area contributed by atoms with Crippen molar-refractivity contribution >= 4 is 17.4 Å². The quantitative estimate of drug-likeness (QED) is 0.642. The first-order valence-electron chi connectivity index (χ1n) is 9.29. The van der Waals surface area contributed by atoms with Crippen LogP contribution in [-0.2, 0) is 13.1 Å². The zero-order valence-corrected chi connectivity index (χ0v) is 16.5. The summed E-state index contributed by atoms with van der Waals surface area (Å²) in [4.78, 5) is 42.1. The highest BCUT2D eigenvalue weighted by atomic mass is 16.2. The fourth-order valence-corrected chi connectivity index (χ4v) is 2.92. The van der Waals surface area contributed by atoms with Crippen LogP contribution in [0.1, 0.15) is 36.3 Å². The summed E-state index contributed by atoms with van der Waals surface area (Å²) < 4.78 is 3.85. The smallest absolute Gasteiger partial charge is 0.332 e. The number of amides is 1. The van der Waals surface area contributed by atoms with Gasteiger partial charge in [-0.2, -0.15) is 5.10 Å². The summed E-state index contributed by atoms with van der Waals surface area (Å²) in [7, 11) is 0. The van der Waals surface area contributed by atoms with Crippen molar-refractivity contribution < 1.29 is 4.79 Å². The van der Waals surface area contributed by atoms with Crippen molar-refractivity contribution in [3.05, 3.63) is 62.8 Å². The molecule has 0 aromatic carbocycles. The van der Waals surface area contributed by atoms with Crippen LogP contribution in [0.25, 0.3) is 5.69 Å². The molecule has 3 aromatic rings. The van der Waals surface area contributed by atoms with E-state index in [0.717, 1.165) is 10.3 Å². The Morgan fingerprint density at radius 3 is 2.55 bits per heavy atom. The third-order valence-electron chi connectivity index (χ3n) is 4.47. The number of hydrogen-bond donors (Lipinski definition) is 2. The van der Waals surface area contributed by atoms with Crippen LogP contribution >= 0.6 is 0 Å². The van der Waals surface area contributed by atoms with E-state index in [9.17, 15) is 14.4 Å². The number of nitrogens with one attached hydrogen (secondary N) is 1. The number of hydrogen-bond acceptors (Lipinski definition) is 6. The highest BCUT2D eigenvalue weighted by Crippen LogP contribution is 2.14. The van der Waals surface area contributed by atoms with Crippen molar-refractivity contribution in [2.75, 3.05) is 11.1 Å². The summed E-state index contributed by atoms with van der Waals surface area (Å²) in [6.07, 6.45) is 5.14. The van der Waals surface area contributed by atoms with Gasteiger partial charge in [0, 0.05) is 25.0 Å². The minimum absolute atomic E-state index is 0.0710. The number of carbonyl (C=O) groups is 1. The third-order valence-corrected chi connectivity index (χ3v) is 4.47. The van der Waals surface area contributed by atoms with Crippen molar-refractivity contribution in [1.29, 1.82) is 0 Å². The maximum Gasteiger partial charge on any atom is 0.332 e. The molecule has 152 valence electrons. The summed E-state index contributed by atoms with van der Waals surface area (Å²) in [5.74, 6) is -0.622. The van der Waals surface area contributed by atoms with Gasteiger partial charge in [0.25, 0.3) is 11.5 Å². The predicted molar refractivity (Wildman–Crippen MR) is 109 cm³/mol. The second-order valence-electron chi connectivity index (χ2n) is 6.53. The molecule has 3 N–H and O–H groups in total. The lowest BCUT2D eigenvalue weighted by Crippen LogP contribution is -2.42. The molecule has 0 aliphatic carbocycles. The fourth-order valence-electron chi connectivity index (χ4n) is 2.92. The number of carbonyl (C=O) groups excluding carboxylic acids is 1. The van der Waals surface area contributed by atoms with Gasteiger partial charge in [-0.3, -0.25) is 23.7 Å². The van der Waals surface area contributed by atoms with Crippen LogP contribution in [0.4, 0.5) is 11.5 Å². The molecule has 3 rings (SSSR count). The molecular weight excluding hydrogens is 374 g/mol. The Bertz CT molecular complexity index is 1160. The average Bonchev–Trinajstić information content (AvgIpc) is 3.20. The number of pyridine rings is 1. The second kappa shape index (κ2) is 8.13. The molecular formula is C19H23N7O3. The molecule has 1 amide bonds. The molecule has 3 aromatic heterocycles. The van der Waals surface area contributed by atoms with Crippen molar-refractivity contribution in [2.45, 2.75) is 40.3 Å². The van der Waals surface area contributed by atoms with Crippen molar-refractivity contribution in [3.8, 4) is 5.69 Å². The highest BCUT2D eigenvalue weighted by molar-refractivity contribution is 6.05. The Labute approximate surface area is 166 Å². The van der Waals surface area contributed by atoms with Gasteiger partial charge in [0.1, 0.15) is 11.5 Å². The van der Waals surface area contributed by atoms with Gasteiger partial charge in [-0.25, -0.2) is 9.48 Å². The van der Waals surface area contributed by atoms with Crippen molar-refractivity contribution in [1.82, 2.24) is 23.9 Å². The number of anilines is 2. The van der Waals surface area contributed by atoms with E-state index in [1.165, 1.54) is 21.6 Å². The molecule has 0 saturated heterocycles. The summed E-state index contributed by atoms with van der Waals surface area (Å²) in [5.41, 5.74) is 6.57. The van der Waals surface area contributed by atoms with Gasteiger partial charge in [-0.05, 0) is 32.4 Å². The van der Waals surface area contributed by atoms with Gasteiger partial charge in [0.15, 0.2) is 0 Å². The minimum atomic E-state index is -0.623. The van der Waals surface area contributed by atoms with Crippen LogP contribution in [0, 0.1) is 6.92 Å². The largest absolute Gasteiger partial charge is 0.383 e. The molecule has 3 heterocycles. The van der Waals surface area contributed by atoms with E-state index in [0.29, 0.717) is 12.1 Å². The number of nitrogens with two attached hydrogens (primary N) is 1. The highest BCUT2D eigenvalue weighted by Gasteiger charge is 2.19. The Kier molecular flexibility index (Phi) is 5.62. The number of nitrogen functional groups attached to an aromatic ring is 1. The lowest BCUT2D eigenvalue weighted by atomic mass is 10.3. The van der Waals surface area contributed by atoms with Crippen molar-refractivity contribution in [2.24, 2.45) is 0 Å². The molecule has 10 heteroatoms. The maximum absolute atomic E-state index is 12.7. The van der Waals surface area contributed by atoms with E-state index < -0.39 is 17.2 Å². The zero-order valence-electron chi connectivity index (χ0n) is 16.5. The van der Waals surface area contributed by atoms with E-state index in [1.54, 1.807) is 13.1 Å². The molecule has 0 bridgehead atoms. The van der Waals surface area contributed by atoms with Gasteiger partial charge >= 0.3 is 5.69 Å². The Morgan fingerprint density at radius 1 is 1.17 bits per heavy atom. The van der Waals surface area contributed by atoms with Gasteiger partial charge < -0.3 is 11.1 Å². The molecule has 0 aliphatic rings. The SMILES string of the molecule is CCCn1c(=O)c(NC(=O)c2cnn(-c3ccc(C)nc3)c2)c(N)n(CC)c1=O. The van der Waals surface area contributed by atoms with Crippen LogP contribution in [0.3, 0.4) is 0 Å². The second-order valence-corrected chi connectivity index (χ2v) is 6.53. The van der Waals surface area contributed by atoms with Gasteiger partial charge in [0.05, 0.1) is 23.6 Å². The number of aryl methyl sites for hydroxylation is 1. The fraction of sp³-hybridized carbons (Fsp3) is 0.316. The normalized spacial score (nSPS) is 10.9. The Balaban J connectivity index is 1.95. The summed E-state index contributed by atoms with van der Waals surface area (Å²) in [6, 6.07) is 3.66. The lowest BCUT2D eigenvalue weighted by Gasteiger charge is -2.15. The molecule has 0 atom stereocenters. The number of nitrogens with zero attached hydrogens (tertiary/aromatic N) is 5. The number of rotatable bonds is 6. The van der Waals surface area contributed by atoms with Crippen LogP contribution in [0.5, 0.6) is 0 Å². The topological polar surface area (TPSA) is 130 Å². The Morgan fingerprint density at radius 2 is 1.93 bits per heavy atom. The molecule has 0 saturated carbocycles. The van der Waals surface area contributed by atoms with Crippen LogP contribution in [-0.4, -0.2) is 29.8 Å². The maximum atomic E-state index is 12.7. The van der Waals surface area contributed by atoms with Crippen LogP contribution in [0.2, 0.25) is 0 Å². The van der Waals surface area contributed by atoms with E-state index in [-0.39, 0.29) is 30.2 Å². The monoisotopic (exact) mass is 397 g/mol. The van der Waals surface area contributed by atoms with E-state index in [1.807, 2.05) is 26.0 Å². The minimum Gasteiger partial charge on any atom is -0.383 e. The molecule has 0 unspecified atom stereocenters. The number of aromatic nitrogens is 5. The first kappa shape index (κ1) is 20.1. The molecule has 0 radical (unpaired) electrons. The molecule has 29 heavy (non-hydrogen) atoms. The van der Waals surface area contributed by atoms with E-state index in [2.05, 4.69) is 15.4 Å². The molecule has 0 spiro atoms. The van der Waals surface area contributed by atoms with Crippen LogP contribution in [0.15, 0.2) is 40.3 Å². The Hall–Kier alpha value is -3.69. The lowest BCUT2D eigenvalue weighted by molar-refractivity contribution is 0.102. The van der Waals surface area contributed by atoms with Gasteiger partial charge in [0.2, 0.25) is 0 Å². The van der Waals surface area contributed by atoms with E-state index in [4.69, 9.17) is 5.73 Å². The predicted octanol–water partition coefficient (Wildman–Crippen LogP) is 1.16. The van der Waals surface area contributed by atoms with Crippen LogP contribution < -0.4 is 22.3 Å². The molecule has 10 nitrogen and oxygen atoms in total. The van der Waals surface area contributed by atoms with Crippen molar-refractivity contribution in [3.63, 3.8) is 0 Å². The zero-order chi connectivity index (χ0) is 21.1.